The summed E-state index contributed by atoms with van der Waals surface area (Å²) in [5, 5.41) is 10.2. The van der Waals surface area contributed by atoms with Crippen LogP contribution in [0.3, 0.4) is 0 Å². The molecule has 0 aliphatic rings. The SMILES string of the molecule is C[Si](C)(C)c1ccc(SCO)cc1. The molecule has 0 atom stereocenters. The van der Waals surface area contributed by atoms with Crippen molar-refractivity contribution in [2.45, 2.75) is 24.5 Å². The molecule has 0 bridgehead atoms. The fourth-order valence-electron chi connectivity index (χ4n) is 1.13. The lowest BCUT2D eigenvalue weighted by Gasteiger charge is -2.16. The maximum absolute atomic E-state index is 8.72. The van der Waals surface area contributed by atoms with E-state index in [4.69, 9.17) is 5.11 Å². The fraction of sp³-hybridized carbons (Fsp3) is 0.400. The molecule has 0 saturated heterocycles. The first-order chi connectivity index (χ1) is 6.04. The van der Waals surface area contributed by atoms with Crippen molar-refractivity contribution in [1.82, 2.24) is 0 Å². The molecule has 1 aromatic rings. The lowest BCUT2D eigenvalue weighted by atomic mass is 10.4. The van der Waals surface area contributed by atoms with Crippen LogP contribution in [0.25, 0.3) is 0 Å². The summed E-state index contributed by atoms with van der Waals surface area (Å²) < 4.78 is 0. The number of aliphatic hydroxyl groups excluding tert-OH is 1. The second kappa shape index (κ2) is 4.31. The molecular weight excluding hydrogens is 196 g/mol. The Morgan fingerprint density at radius 1 is 1.15 bits per heavy atom. The van der Waals surface area contributed by atoms with Crippen LogP contribution in [-0.2, 0) is 0 Å². The Bertz CT molecular complexity index is 263. The second-order valence-corrected chi connectivity index (χ2v) is 10.1. The molecule has 0 aromatic heterocycles. The van der Waals surface area contributed by atoms with E-state index in [1.165, 1.54) is 16.9 Å². The van der Waals surface area contributed by atoms with Crippen molar-refractivity contribution in [1.29, 1.82) is 0 Å². The predicted octanol–water partition coefficient (Wildman–Crippen LogP) is 2.27. The quantitative estimate of drug-likeness (QED) is 0.471. The minimum absolute atomic E-state index is 0.159. The lowest BCUT2D eigenvalue weighted by Crippen LogP contribution is -2.37. The Labute approximate surface area is 85.2 Å². The lowest BCUT2D eigenvalue weighted by molar-refractivity contribution is 0.375. The first-order valence-electron chi connectivity index (χ1n) is 4.38. The number of rotatable bonds is 3. The van der Waals surface area contributed by atoms with Crippen molar-refractivity contribution < 1.29 is 5.11 Å². The van der Waals surface area contributed by atoms with Crippen molar-refractivity contribution in [2.24, 2.45) is 0 Å². The summed E-state index contributed by atoms with van der Waals surface area (Å²) in [7, 11) is -1.15. The second-order valence-electron chi connectivity index (χ2n) is 4.05. The maximum Gasteiger partial charge on any atom is 0.0932 e. The van der Waals surface area contributed by atoms with E-state index >= 15 is 0 Å². The van der Waals surface area contributed by atoms with Crippen LogP contribution >= 0.6 is 11.8 Å². The van der Waals surface area contributed by atoms with Crippen LogP contribution in [0.2, 0.25) is 19.6 Å². The molecule has 0 fully saturated rings. The van der Waals surface area contributed by atoms with E-state index in [1.807, 2.05) is 0 Å². The van der Waals surface area contributed by atoms with Gasteiger partial charge in [0.2, 0.25) is 0 Å². The minimum atomic E-state index is -1.15. The average Bonchev–Trinajstić information content (AvgIpc) is 2.04. The van der Waals surface area contributed by atoms with Crippen molar-refractivity contribution in [3.8, 4) is 0 Å². The van der Waals surface area contributed by atoms with Gasteiger partial charge in [-0.15, -0.1) is 0 Å². The van der Waals surface area contributed by atoms with Gasteiger partial charge in [-0.1, -0.05) is 48.7 Å². The van der Waals surface area contributed by atoms with Crippen LogP contribution in [0, 0.1) is 0 Å². The van der Waals surface area contributed by atoms with Crippen molar-refractivity contribution in [3.05, 3.63) is 24.3 Å². The fourth-order valence-corrected chi connectivity index (χ4v) is 2.77. The molecule has 0 amide bonds. The van der Waals surface area contributed by atoms with Gasteiger partial charge in [-0.25, -0.2) is 0 Å². The number of aliphatic hydroxyl groups is 1. The van der Waals surface area contributed by atoms with Gasteiger partial charge in [0.05, 0.1) is 14.0 Å². The molecule has 0 unspecified atom stereocenters. The van der Waals surface area contributed by atoms with Crippen molar-refractivity contribution in [2.75, 3.05) is 5.94 Å². The zero-order chi connectivity index (χ0) is 9.90. The molecule has 1 N–H and O–H groups in total. The zero-order valence-electron chi connectivity index (χ0n) is 8.37. The molecule has 13 heavy (non-hydrogen) atoms. The van der Waals surface area contributed by atoms with Crippen LogP contribution in [-0.4, -0.2) is 19.1 Å². The highest BCUT2D eigenvalue weighted by atomic mass is 32.2. The average molecular weight is 212 g/mol. The molecule has 1 aromatic carbocycles. The smallest absolute Gasteiger partial charge is 0.0932 e. The molecule has 0 aliphatic heterocycles. The first kappa shape index (κ1) is 10.8. The Hall–Kier alpha value is -0.253. The van der Waals surface area contributed by atoms with Crippen LogP contribution < -0.4 is 5.19 Å². The van der Waals surface area contributed by atoms with E-state index in [1.54, 1.807) is 0 Å². The highest BCUT2D eigenvalue weighted by Crippen LogP contribution is 2.15. The number of thioether (sulfide) groups is 1. The van der Waals surface area contributed by atoms with E-state index < -0.39 is 8.07 Å². The van der Waals surface area contributed by atoms with E-state index in [2.05, 4.69) is 43.9 Å². The van der Waals surface area contributed by atoms with Gasteiger partial charge in [-0.2, -0.15) is 0 Å². The molecule has 0 aliphatic carbocycles. The molecule has 1 nitrogen and oxygen atoms in total. The van der Waals surface area contributed by atoms with Gasteiger partial charge >= 0.3 is 0 Å². The number of benzene rings is 1. The predicted molar refractivity (Wildman–Crippen MR) is 62.4 cm³/mol. The molecule has 3 heteroatoms. The van der Waals surface area contributed by atoms with Gasteiger partial charge in [0, 0.05) is 4.90 Å². The molecule has 72 valence electrons. The summed E-state index contributed by atoms with van der Waals surface area (Å²) in [6.07, 6.45) is 0. The first-order valence-corrected chi connectivity index (χ1v) is 8.87. The van der Waals surface area contributed by atoms with Crippen molar-refractivity contribution >= 4 is 25.0 Å². The molecule has 0 heterocycles. The largest absolute Gasteiger partial charge is 0.385 e. The van der Waals surface area contributed by atoms with Gasteiger partial charge in [-0.3, -0.25) is 0 Å². The van der Waals surface area contributed by atoms with E-state index in [9.17, 15) is 0 Å². The van der Waals surface area contributed by atoms with Crippen LogP contribution in [0.4, 0.5) is 0 Å². The third kappa shape index (κ3) is 3.18. The normalized spacial score (nSPS) is 11.7. The standard InChI is InChI=1S/C10H16OSSi/c1-13(2,3)10-6-4-9(5-7-10)12-8-11/h4-7,11H,8H2,1-3H3. The Morgan fingerprint density at radius 3 is 2.08 bits per heavy atom. The maximum atomic E-state index is 8.72. The number of hydrogen-bond donors (Lipinski definition) is 1. The molecule has 0 saturated carbocycles. The van der Waals surface area contributed by atoms with Gasteiger partial charge in [0.25, 0.3) is 0 Å². The van der Waals surface area contributed by atoms with Crippen LogP contribution in [0.5, 0.6) is 0 Å². The van der Waals surface area contributed by atoms with Crippen LogP contribution in [0.15, 0.2) is 29.2 Å². The van der Waals surface area contributed by atoms with Crippen molar-refractivity contribution in [3.63, 3.8) is 0 Å². The highest BCUT2D eigenvalue weighted by Gasteiger charge is 2.15. The highest BCUT2D eigenvalue weighted by molar-refractivity contribution is 7.99. The summed E-state index contributed by atoms with van der Waals surface area (Å²) in [5.41, 5.74) is 0. The van der Waals surface area contributed by atoms with E-state index in [0.717, 1.165) is 4.90 Å². The summed E-state index contributed by atoms with van der Waals surface area (Å²) >= 11 is 1.47. The molecular formula is C10H16OSSi. The van der Waals surface area contributed by atoms with Crippen LogP contribution in [0.1, 0.15) is 0 Å². The summed E-state index contributed by atoms with van der Waals surface area (Å²) in [6.45, 7) is 7.00. The zero-order valence-corrected chi connectivity index (χ0v) is 10.2. The summed E-state index contributed by atoms with van der Waals surface area (Å²) in [5.74, 6) is 0.159. The Morgan fingerprint density at radius 2 is 1.69 bits per heavy atom. The monoisotopic (exact) mass is 212 g/mol. The molecule has 1 rings (SSSR count). The molecule has 0 spiro atoms. The summed E-state index contributed by atoms with van der Waals surface area (Å²) in [6, 6.07) is 8.55. The molecule has 0 radical (unpaired) electrons. The van der Waals surface area contributed by atoms with E-state index in [-0.39, 0.29) is 5.94 Å². The van der Waals surface area contributed by atoms with E-state index in [0.29, 0.717) is 0 Å². The third-order valence-electron chi connectivity index (χ3n) is 1.95. The van der Waals surface area contributed by atoms with Gasteiger partial charge in [0.1, 0.15) is 0 Å². The third-order valence-corrected chi connectivity index (χ3v) is 4.75. The van der Waals surface area contributed by atoms with Gasteiger partial charge in [0.15, 0.2) is 0 Å². The topological polar surface area (TPSA) is 20.2 Å². The minimum Gasteiger partial charge on any atom is -0.385 e. The Kier molecular flexibility index (Phi) is 3.59. The van der Waals surface area contributed by atoms with Gasteiger partial charge < -0.3 is 5.11 Å². The van der Waals surface area contributed by atoms with Gasteiger partial charge in [-0.05, 0) is 12.1 Å². The Balaban J connectivity index is 2.81. The number of hydrogen-bond acceptors (Lipinski definition) is 2. The summed E-state index contributed by atoms with van der Waals surface area (Å²) in [4.78, 5) is 1.14.